The average molecular weight is 332 g/mol. The molecule has 0 unspecified atom stereocenters. The smallest absolute Gasteiger partial charge is 0.335 e. The summed E-state index contributed by atoms with van der Waals surface area (Å²) in [6, 6.07) is 6.51. The summed E-state index contributed by atoms with van der Waals surface area (Å²) < 4.78 is 0. The summed E-state index contributed by atoms with van der Waals surface area (Å²) >= 11 is 1.49. The zero-order valence-corrected chi connectivity index (χ0v) is 14.5. The summed E-state index contributed by atoms with van der Waals surface area (Å²) in [5.41, 5.74) is 1.48. The van der Waals surface area contributed by atoms with Crippen molar-refractivity contribution in [2.75, 3.05) is 7.05 Å². The van der Waals surface area contributed by atoms with Crippen LogP contribution in [0.5, 0.6) is 0 Å². The molecule has 1 N–H and O–H groups in total. The van der Waals surface area contributed by atoms with E-state index in [0.29, 0.717) is 12.2 Å². The molecule has 23 heavy (non-hydrogen) atoms. The quantitative estimate of drug-likeness (QED) is 0.931. The lowest BCUT2D eigenvalue weighted by atomic mass is 9.98. The van der Waals surface area contributed by atoms with Gasteiger partial charge in [0.1, 0.15) is 5.69 Å². The van der Waals surface area contributed by atoms with Crippen LogP contribution in [-0.2, 0) is 12.0 Å². The number of benzene rings is 1. The summed E-state index contributed by atoms with van der Waals surface area (Å²) in [5, 5.41) is 11.6. The van der Waals surface area contributed by atoms with Crippen LogP contribution in [0.1, 0.15) is 52.2 Å². The number of rotatable bonds is 4. The number of amides is 1. The SMILES string of the molecule is CN(Cc1ccc(C(=O)O)cc1)C(=O)c1csc(C(C)(C)C)n1. The van der Waals surface area contributed by atoms with E-state index >= 15 is 0 Å². The third kappa shape index (κ3) is 4.16. The van der Waals surface area contributed by atoms with Gasteiger partial charge < -0.3 is 10.0 Å². The zero-order valence-electron chi connectivity index (χ0n) is 13.7. The Hall–Kier alpha value is -2.21. The molecule has 0 fully saturated rings. The fraction of sp³-hybridized carbons (Fsp3) is 0.353. The highest BCUT2D eigenvalue weighted by Crippen LogP contribution is 2.26. The lowest BCUT2D eigenvalue weighted by molar-refractivity contribution is 0.0695. The molecular weight excluding hydrogens is 312 g/mol. The maximum Gasteiger partial charge on any atom is 0.335 e. The van der Waals surface area contributed by atoms with Crippen molar-refractivity contribution in [2.24, 2.45) is 0 Å². The molecule has 0 radical (unpaired) electrons. The Morgan fingerprint density at radius 3 is 2.30 bits per heavy atom. The van der Waals surface area contributed by atoms with Crippen molar-refractivity contribution in [3.8, 4) is 0 Å². The first-order chi connectivity index (χ1) is 10.7. The van der Waals surface area contributed by atoms with Crippen molar-refractivity contribution in [2.45, 2.75) is 32.7 Å². The number of hydrogen-bond donors (Lipinski definition) is 1. The molecule has 0 saturated carbocycles. The van der Waals surface area contributed by atoms with Crippen LogP contribution in [0.15, 0.2) is 29.6 Å². The van der Waals surface area contributed by atoms with Crippen molar-refractivity contribution in [3.05, 3.63) is 51.5 Å². The highest BCUT2D eigenvalue weighted by atomic mass is 32.1. The molecule has 122 valence electrons. The van der Waals surface area contributed by atoms with Gasteiger partial charge in [-0.2, -0.15) is 0 Å². The second-order valence-corrected chi connectivity index (χ2v) is 7.31. The van der Waals surface area contributed by atoms with E-state index in [1.807, 2.05) is 0 Å². The lowest BCUT2D eigenvalue weighted by Gasteiger charge is -2.17. The predicted octanol–water partition coefficient (Wildman–Crippen LogP) is 3.41. The normalized spacial score (nSPS) is 11.3. The van der Waals surface area contributed by atoms with Crippen molar-refractivity contribution >= 4 is 23.2 Å². The Morgan fingerprint density at radius 2 is 1.83 bits per heavy atom. The number of nitrogens with zero attached hydrogens (tertiary/aromatic N) is 2. The van der Waals surface area contributed by atoms with Gasteiger partial charge in [-0.25, -0.2) is 9.78 Å². The topological polar surface area (TPSA) is 70.5 Å². The fourth-order valence-corrected chi connectivity index (χ4v) is 2.89. The summed E-state index contributed by atoms with van der Waals surface area (Å²) in [6.07, 6.45) is 0. The molecule has 2 rings (SSSR count). The molecule has 0 aliphatic rings. The number of carbonyl (C=O) groups is 2. The first kappa shape index (κ1) is 17.1. The van der Waals surface area contributed by atoms with E-state index in [1.54, 1.807) is 29.5 Å². The van der Waals surface area contributed by atoms with E-state index in [1.165, 1.54) is 23.5 Å². The van der Waals surface area contributed by atoms with Crippen LogP contribution in [0.4, 0.5) is 0 Å². The molecule has 6 heteroatoms. The molecule has 2 aromatic rings. The van der Waals surface area contributed by atoms with E-state index in [4.69, 9.17) is 5.11 Å². The molecule has 0 atom stereocenters. The molecule has 1 aromatic carbocycles. The van der Waals surface area contributed by atoms with Crippen molar-refractivity contribution in [3.63, 3.8) is 0 Å². The number of hydrogen-bond acceptors (Lipinski definition) is 4. The van der Waals surface area contributed by atoms with Crippen LogP contribution >= 0.6 is 11.3 Å². The first-order valence-corrected chi connectivity index (χ1v) is 8.10. The van der Waals surface area contributed by atoms with Crippen LogP contribution < -0.4 is 0 Å². The summed E-state index contributed by atoms with van der Waals surface area (Å²) in [7, 11) is 1.71. The largest absolute Gasteiger partial charge is 0.478 e. The monoisotopic (exact) mass is 332 g/mol. The van der Waals surface area contributed by atoms with Gasteiger partial charge in [-0.05, 0) is 17.7 Å². The summed E-state index contributed by atoms with van der Waals surface area (Å²) in [4.78, 5) is 29.3. The molecule has 0 saturated heterocycles. The predicted molar refractivity (Wildman–Crippen MR) is 90.0 cm³/mol. The zero-order chi connectivity index (χ0) is 17.2. The maximum absolute atomic E-state index is 12.4. The number of aromatic nitrogens is 1. The first-order valence-electron chi connectivity index (χ1n) is 7.22. The minimum atomic E-state index is -0.960. The molecule has 1 amide bonds. The van der Waals surface area contributed by atoms with E-state index in [9.17, 15) is 9.59 Å². The van der Waals surface area contributed by atoms with Crippen LogP contribution in [0.2, 0.25) is 0 Å². The van der Waals surface area contributed by atoms with Gasteiger partial charge in [0.25, 0.3) is 5.91 Å². The maximum atomic E-state index is 12.4. The number of carboxylic acids is 1. The van der Waals surface area contributed by atoms with Gasteiger partial charge in [0.15, 0.2) is 0 Å². The minimum absolute atomic E-state index is 0.0750. The molecule has 5 nitrogen and oxygen atoms in total. The molecule has 0 spiro atoms. The minimum Gasteiger partial charge on any atom is -0.478 e. The number of aromatic carboxylic acids is 1. The van der Waals surface area contributed by atoms with E-state index in [-0.39, 0.29) is 16.9 Å². The van der Waals surface area contributed by atoms with E-state index in [2.05, 4.69) is 25.8 Å². The third-order valence-electron chi connectivity index (χ3n) is 3.33. The number of thiazole rings is 1. The van der Waals surface area contributed by atoms with Gasteiger partial charge in [-0.15, -0.1) is 11.3 Å². The van der Waals surface area contributed by atoms with Gasteiger partial charge in [0, 0.05) is 24.4 Å². The Bertz CT molecular complexity index is 714. The van der Waals surface area contributed by atoms with E-state index in [0.717, 1.165) is 10.6 Å². The lowest BCUT2D eigenvalue weighted by Crippen LogP contribution is -2.26. The molecule has 1 heterocycles. The Labute approximate surface area is 139 Å². The third-order valence-corrected chi connectivity index (χ3v) is 4.60. The number of carboxylic acid groups (broad SMARTS) is 1. The van der Waals surface area contributed by atoms with Crippen LogP contribution in [-0.4, -0.2) is 33.9 Å². The molecule has 0 aliphatic carbocycles. The van der Waals surface area contributed by atoms with Crippen LogP contribution in [0, 0.1) is 0 Å². The summed E-state index contributed by atoms with van der Waals surface area (Å²) in [6.45, 7) is 6.59. The van der Waals surface area contributed by atoms with Gasteiger partial charge >= 0.3 is 5.97 Å². The van der Waals surface area contributed by atoms with Gasteiger partial charge in [-0.1, -0.05) is 32.9 Å². The molecule has 0 bridgehead atoms. The average Bonchev–Trinajstić information content (AvgIpc) is 2.96. The van der Waals surface area contributed by atoms with Crippen LogP contribution in [0.3, 0.4) is 0 Å². The highest BCUT2D eigenvalue weighted by molar-refractivity contribution is 7.10. The van der Waals surface area contributed by atoms with Crippen LogP contribution in [0.25, 0.3) is 0 Å². The van der Waals surface area contributed by atoms with E-state index < -0.39 is 5.97 Å². The van der Waals surface area contributed by atoms with Gasteiger partial charge in [0.05, 0.1) is 10.6 Å². The standard InChI is InChI=1S/C17H20N2O3S/c1-17(2,3)16-18-13(10-23-16)14(20)19(4)9-11-5-7-12(8-6-11)15(21)22/h5-8,10H,9H2,1-4H3,(H,21,22). The van der Waals surface area contributed by atoms with Gasteiger partial charge in [0.2, 0.25) is 0 Å². The molecule has 0 aliphatic heterocycles. The Morgan fingerprint density at radius 1 is 1.22 bits per heavy atom. The van der Waals surface area contributed by atoms with Crippen molar-refractivity contribution in [1.82, 2.24) is 9.88 Å². The Balaban J connectivity index is 2.08. The van der Waals surface area contributed by atoms with Crippen molar-refractivity contribution < 1.29 is 14.7 Å². The second-order valence-electron chi connectivity index (χ2n) is 6.45. The summed E-state index contributed by atoms with van der Waals surface area (Å²) in [5.74, 6) is -1.10. The Kier molecular flexibility index (Phi) is 4.85. The molecule has 1 aromatic heterocycles. The van der Waals surface area contributed by atoms with Crippen molar-refractivity contribution in [1.29, 1.82) is 0 Å². The second kappa shape index (κ2) is 6.50. The number of carbonyl (C=O) groups excluding carboxylic acids is 1. The van der Waals surface area contributed by atoms with Gasteiger partial charge in [-0.3, -0.25) is 4.79 Å². The highest BCUT2D eigenvalue weighted by Gasteiger charge is 2.22. The fourth-order valence-electron chi connectivity index (χ4n) is 2.01. The molecular formula is C17H20N2O3S.